The molecule has 0 spiro atoms. The highest BCUT2D eigenvalue weighted by atomic mass is 16.5. The highest BCUT2D eigenvalue weighted by Crippen LogP contribution is 1.87. The van der Waals surface area contributed by atoms with Gasteiger partial charge < -0.3 is 15.2 Å². The van der Waals surface area contributed by atoms with Gasteiger partial charge in [-0.3, -0.25) is 0 Å². The Labute approximate surface area is 75.1 Å². The highest BCUT2D eigenvalue weighted by molar-refractivity contribution is 4.50. The number of hydrogen-bond acceptors (Lipinski definition) is 3. The molecule has 0 aliphatic heterocycles. The molecule has 0 aliphatic rings. The van der Waals surface area contributed by atoms with E-state index in [1.165, 1.54) is 0 Å². The second kappa shape index (κ2) is 8.97. The normalized spacial score (nSPS) is 11.0. The molecular weight excluding hydrogens is 154 g/mol. The fraction of sp³-hybridized carbons (Fsp3) is 1.00. The van der Waals surface area contributed by atoms with Crippen molar-refractivity contribution < 1.29 is 9.84 Å². The number of nitrogens with one attached hydrogen (secondary N) is 1. The van der Waals surface area contributed by atoms with Gasteiger partial charge >= 0.3 is 0 Å². The standard InChI is InChI=1S/C9H21NO2/c1-9(2)8-10-4-3-6-12-7-5-11/h9-11H,3-8H2,1-2H3. The first-order valence-electron chi connectivity index (χ1n) is 4.66. The van der Waals surface area contributed by atoms with Gasteiger partial charge in [-0.2, -0.15) is 0 Å². The van der Waals surface area contributed by atoms with Crippen LogP contribution < -0.4 is 5.32 Å². The Kier molecular flexibility index (Phi) is 8.88. The molecule has 12 heavy (non-hydrogen) atoms. The maximum Gasteiger partial charge on any atom is 0.0697 e. The van der Waals surface area contributed by atoms with E-state index >= 15 is 0 Å². The molecule has 2 N–H and O–H groups in total. The number of aliphatic hydroxyl groups is 1. The quantitative estimate of drug-likeness (QED) is 0.532. The molecule has 0 amide bonds. The van der Waals surface area contributed by atoms with Crippen LogP contribution in [0, 0.1) is 5.92 Å². The molecule has 0 aromatic rings. The minimum atomic E-state index is 0.124. The van der Waals surface area contributed by atoms with Crippen molar-refractivity contribution >= 4 is 0 Å². The third-order valence-electron chi connectivity index (χ3n) is 1.43. The predicted octanol–water partition coefficient (Wildman–Crippen LogP) is 0.631. The average Bonchev–Trinajstić information content (AvgIpc) is 2.02. The van der Waals surface area contributed by atoms with Gasteiger partial charge in [0.15, 0.2) is 0 Å². The third kappa shape index (κ3) is 9.88. The third-order valence-corrected chi connectivity index (χ3v) is 1.43. The zero-order valence-corrected chi connectivity index (χ0v) is 8.18. The van der Waals surface area contributed by atoms with Gasteiger partial charge in [-0.25, -0.2) is 0 Å². The van der Waals surface area contributed by atoms with Crippen LogP contribution in [0.1, 0.15) is 20.3 Å². The van der Waals surface area contributed by atoms with Crippen LogP contribution in [0.15, 0.2) is 0 Å². The van der Waals surface area contributed by atoms with Crippen molar-refractivity contribution in [1.82, 2.24) is 5.32 Å². The molecule has 3 heteroatoms. The van der Waals surface area contributed by atoms with E-state index in [-0.39, 0.29) is 6.61 Å². The minimum Gasteiger partial charge on any atom is -0.394 e. The molecule has 0 aromatic heterocycles. The van der Waals surface area contributed by atoms with Crippen molar-refractivity contribution in [2.75, 3.05) is 32.9 Å². The maximum absolute atomic E-state index is 8.40. The molecule has 0 fully saturated rings. The van der Waals surface area contributed by atoms with Gasteiger partial charge in [0.1, 0.15) is 0 Å². The number of ether oxygens (including phenoxy) is 1. The zero-order valence-electron chi connectivity index (χ0n) is 8.18. The molecule has 0 saturated heterocycles. The Hall–Kier alpha value is -0.120. The zero-order chi connectivity index (χ0) is 9.23. The van der Waals surface area contributed by atoms with Gasteiger partial charge in [0.25, 0.3) is 0 Å². The average molecular weight is 175 g/mol. The molecule has 0 aromatic carbocycles. The van der Waals surface area contributed by atoms with Gasteiger partial charge in [-0.15, -0.1) is 0 Å². The molecule has 0 saturated carbocycles. The molecule has 0 atom stereocenters. The molecular formula is C9H21NO2. The SMILES string of the molecule is CC(C)CNCCCOCCO. The lowest BCUT2D eigenvalue weighted by atomic mass is 10.2. The van der Waals surface area contributed by atoms with Crippen LogP contribution in [0.25, 0.3) is 0 Å². The van der Waals surface area contributed by atoms with Crippen LogP contribution in [-0.4, -0.2) is 38.0 Å². The molecule has 3 nitrogen and oxygen atoms in total. The van der Waals surface area contributed by atoms with E-state index in [1.807, 2.05) is 0 Å². The summed E-state index contributed by atoms with van der Waals surface area (Å²) in [7, 11) is 0. The van der Waals surface area contributed by atoms with Crippen LogP contribution in [-0.2, 0) is 4.74 Å². The van der Waals surface area contributed by atoms with Crippen molar-refractivity contribution in [2.24, 2.45) is 5.92 Å². The number of aliphatic hydroxyl groups excluding tert-OH is 1. The Morgan fingerprint density at radius 2 is 2.08 bits per heavy atom. The minimum absolute atomic E-state index is 0.124. The molecule has 0 unspecified atom stereocenters. The van der Waals surface area contributed by atoms with E-state index in [9.17, 15) is 0 Å². The van der Waals surface area contributed by atoms with Crippen molar-refractivity contribution in [2.45, 2.75) is 20.3 Å². The van der Waals surface area contributed by atoms with Crippen molar-refractivity contribution in [3.8, 4) is 0 Å². The largest absolute Gasteiger partial charge is 0.394 e. The summed E-state index contributed by atoms with van der Waals surface area (Å²) < 4.78 is 5.10. The summed E-state index contributed by atoms with van der Waals surface area (Å²) in [5.41, 5.74) is 0. The van der Waals surface area contributed by atoms with E-state index in [4.69, 9.17) is 9.84 Å². The van der Waals surface area contributed by atoms with Crippen LogP contribution in [0.4, 0.5) is 0 Å². The Morgan fingerprint density at radius 1 is 1.33 bits per heavy atom. The lowest BCUT2D eigenvalue weighted by Crippen LogP contribution is -2.21. The van der Waals surface area contributed by atoms with Crippen LogP contribution in [0.2, 0.25) is 0 Å². The fourth-order valence-electron chi connectivity index (χ4n) is 0.857. The van der Waals surface area contributed by atoms with Crippen molar-refractivity contribution in [1.29, 1.82) is 0 Å². The van der Waals surface area contributed by atoms with Gasteiger partial charge in [0, 0.05) is 6.61 Å². The summed E-state index contributed by atoms with van der Waals surface area (Å²) in [6.45, 7) is 7.78. The first-order chi connectivity index (χ1) is 5.77. The number of hydrogen-bond donors (Lipinski definition) is 2. The van der Waals surface area contributed by atoms with Gasteiger partial charge in [-0.1, -0.05) is 13.8 Å². The van der Waals surface area contributed by atoms with E-state index < -0.39 is 0 Å². The summed E-state index contributed by atoms with van der Waals surface area (Å²) >= 11 is 0. The summed E-state index contributed by atoms with van der Waals surface area (Å²) in [6.07, 6.45) is 1.02. The van der Waals surface area contributed by atoms with Crippen LogP contribution >= 0.6 is 0 Å². The van der Waals surface area contributed by atoms with E-state index in [1.54, 1.807) is 0 Å². The van der Waals surface area contributed by atoms with Gasteiger partial charge in [-0.05, 0) is 25.4 Å². The van der Waals surface area contributed by atoms with Crippen molar-refractivity contribution in [3.63, 3.8) is 0 Å². The molecule has 0 heterocycles. The predicted molar refractivity (Wildman–Crippen MR) is 50.2 cm³/mol. The first kappa shape index (κ1) is 11.9. The van der Waals surface area contributed by atoms with E-state index in [0.29, 0.717) is 12.5 Å². The summed E-state index contributed by atoms with van der Waals surface area (Å²) in [5.74, 6) is 0.711. The summed E-state index contributed by atoms with van der Waals surface area (Å²) in [4.78, 5) is 0. The van der Waals surface area contributed by atoms with E-state index in [0.717, 1.165) is 26.1 Å². The maximum atomic E-state index is 8.40. The summed E-state index contributed by atoms with van der Waals surface area (Å²) in [5, 5.41) is 11.7. The topological polar surface area (TPSA) is 41.5 Å². The van der Waals surface area contributed by atoms with Gasteiger partial charge in [0.2, 0.25) is 0 Å². The Morgan fingerprint density at radius 3 is 2.67 bits per heavy atom. The Balaban J connectivity index is 2.82. The molecule has 0 rings (SSSR count). The highest BCUT2D eigenvalue weighted by Gasteiger charge is 1.92. The van der Waals surface area contributed by atoms with Crippen LogP contribution in [0.5, 0.6) is 0 Å². The van der Waals surface area contributed by atoms with Crippen LogP contribution in [0.3, 0.4) is 0 Å². The lowest BCUT2D eigenvalue weighted by molar-refractivity contribution is 0.0907. The molecule has 0 aliphatic carbocycles. The fourth-order valence-corrected chi connectivity index (χ4v) is 0.857. The van der Waals surface area contributed by atoms with E-state index in [2.05, 4.69) is 19.2 Å². The lowest BCUT2D eigenvalue weighted by Gasteiger charge is -2.06. The molecule has 0 bridgehead atoms. The van der Waals surface area contributed by atoms with Gasteiger partial charge in [0.05, 0.1) is 13.2 Å². The monoisotopic (exact) mass is 175 g/mol. The van der Waals surface area contributed by atoms with Crippen molar-refractivity contribution in [3.05, 3.63) is 0 Å². The second-order valence-electron chi connectivity index (χ2n) is 3.29. The summed E-state index contributed by atoms with van der Waals surface area (Å²) in [6, 6.07) is 0. The molecule has 0 radical (unpaired) electrons. The Bertz CT molecular complexity index is 86.6. The number of rotatable bonds is 8. The smallest absolute Gasteiger partial charge is 0.0697 e. The first-order valence-corrected chi connectivity index (χ1v) is 4.66. The molecule has 74 valence electrons. The second-order valence-corrected chi connectivity index (χ2v) is 3.29.